The topological polar surface area (TPSA) is 21.3 Å². The van der Waals surface area contributed by atoms with Gasteiger partial charge in [-0.3, -0.25) is 0 Å². The van der Waals surface area contributed by atoms with Gasteiger partial charge in [-0.2, -0.15) is 0 Å². The maximum absolute atomic E-state index is 5.50. The smallest absolute Gasteiger partial charge is 0.107 e. The van der Waals surface area contributed by atoms with E-state index in [1.807, 2.05) is 0 Å². The predicted molar refractivity (Wildman–Crippen MR) is 52.3 cm³/mol. The molecule has 1 saturated carbocycles. The van der Waals surface area contributed by atoms with Gasteiger partial charge in [-0.05, 0) is 44.2 Å². The zero-order chi connectivity index (χ0) is 9.15. The van der Waals surface area contributed by atoms with Crippen molar-refractivity contribution in [1.82, 2.24) is 5.32 Å². The van der Waals surface area contributed by atoms with E-state index in [0.717, 1.165) is 0 Å². The van der Waals surface area contributed by atoms with Gasteiger partial charge in [-0.15, -0.1) is 6.42 Å². The molecule has 1 aliphatic carbocycles. The molecule has 2 aliphatic rings. The zero-order valence-corrected chi connectivity index (χ0v) is 8.01. The third kappa shape index (κ3) is 1.87. The Balaban J connectivity index is 1.73. The molecule has 0 aromatic rings. The van der Waals surface area contributed by atoms with Crippen LogP contribution in [0.25, 0.3) is 0 Å². The number of nitrogens with one attached hydrogen (secondary N) is 1. The summed E-state index contributed by atoms with van der Waals surface area (Å²) < 4.78 is 5.50. The highest BCUT2D eigenvalue weighted by molar-refractivity contribution is 4.98. The SMILES string of the molecule is C#CCOC1CC2(CCNCC2)C1. The lowest BCUT2D eigenvalue weighted by Gasteiger charge is -2.49. The van der Waals surface area contributed by atoms with Crippen molar-refractivity contribution in [3.05, 3.63) is 0 Å². The lowest BCUT2D eigenvalue weighted by molar-refractivity contribution is -0.0833. The minimum Gasteiger partial charge on any atom is -0.366 e. The van der Waals surface area contributed by atoms with Crippen molar-refractivity contribution >= 4 is 0 Å². The highest BCUT2D eigenvalue weighted by Gasteiger charge is 2.44. The molecule has 13 heavy (non-hydrogen) atoms. The van der Waals surface area contributed by atoms with Gasteiger partial charge in [0, 0.05) is 0 Å². The fourth-order valence-corrected chi connectivity index (χ4v) is 2.56. The first-order chi connectivity index (χ1) is 6.35. The van der Waals surface area contributed by atoms with Gasteiger partial charge in [-0.1, -0.05) is 5.92 Å². The van der Waals surface area contributed by atoms with Crippen molar-refractivity contribution in [3.8, 4) is 12.3 Å². The van der Waals surface area contributed by atoms with Crippen molar-refractivity contribution in [2.45, 2.75) is 31.8 Å². The summed E-state index contributed by atoms with van der Waals surface area (Å²) in [5, 5.41) is 3.39. The molecule has 0 aromatic heterocycles. The van der Waals surface area contributed by atoms with Gasteiger partial charge in [-0.25, -0.2) is 0 Å². The molecule has 0 radical (unpaired) electrons. The number of terminal acetylenes is 1. The van der Waals surface area contributed by atoms with Gasteiger partial charge in [0.1, 0.15) is 6.61 Å². The second-order valence-corrected chi connectivity index (χ2v) is 4.30. The van der Waals surface area contributed by atoms with Crippen LogP contribution < -0.4 is 5.32 Å². The van der Waals surface area contributed by atoms with Crippen LogP contribution in [0.15, 0.2) is 0 Å². The van der Waals surface area contributed by atoms with Crippen molar-refractivity contribution in [3.63, 3.8) is 0 Å². The summed E-state index contributed by atoms with van der Waals surface area (Å²) >= 11 is 0. The van der Waals surface area contributed by atoms with E-state index >= 15 is 0 Å². The molecule has 1 aliphatic heterocycles. The highest BCUT2D eigenvalue weighted by Crippen LogP contribution is 2.48. The molecule has 0 unspecified atom stereocenters. The fourth-order valence-electron chi connectivity index (χ4n) is 2.56. The molecule has 0 bridgehead atoms. The van der Waals surface area contributed by atoms with Crippen LogP contribution in [0.4, 0.5) is 0 Å². The lowest BCUT2D eigenvalue weighted by atomic mass is 9.62. The van der Waals surface area contributed by atoms with Crippen LogP contribution in [0, 0.1) is 17.8 Å². The van der Waals surface area contributed by atoms with Crippen molar-refractivity contribution in [2.75, 3.05) is 19.7 Å². The van der Waals surface area contributed by atoms with Crippen LogP contribution in [0.3, 0.4) is 0 Å². The van der Waals surface area contributed by atoms with E-state index in [4.69, 9.17) is 11.2 Å². The van der Waals surface area contributed by atoms with E-state index in [9.17, 15) is 0 Å². The maximum atomic E-state index is 5.50. The molecule has 1 N–H and O–H groups in total. The molecule has 2 rings (SSSR count). The standard InChI is InChI=1S/C11H17NO/c1-2-7-13-10-8-11(9-10)3-5-12-6-4-11/h1,10,12H,3-9H2. The fraction of sp³-hybridized carbons (Fsp3) is 0.818. The highest BCUT2D eigenvalue weighted by atomic mass is 16.5. The molecule has 0 atom stereocenters. The second kappa shape index (κ2) is 3.69. The second-order valence-electron chi connectivity index (χ2n) is 4.30. The summed E-state index contributed by atoms with van der Waals surface area (Å²) in [4.78, 5) is 0. The minimum absolute atomic E-state index is 0.453. The summed E-state index contributed by atoms with van der Waals surface area (Å²) in [7, 11) is 0. The largest absolute Gasteiger partial charge is 0.366 e. The van der Waals surface area contributed by atoms with Gasteiger partial charge in [0.05, 0.1) is 6.10 Å². The number of ether oxygens (including phenoxy) is 1. The Morgan fingerprint density at radius 1 is 1.38 bits per heavy atom. The molecular formula is C11H17NO. The Morgan fingerprint density at radius 3 is 2.69 bits per heavy atom. The lowest BCUT2D eigenvalue weighted by Crippen LogP contribution is -2.48. The van der Waals surface area contributed by atoms with Crippen LogP contribution in [0.5, 0.6) is 0 Å². The Hall–Kier alpha value is -0.520. The van der Waals surface area contributed by atoms with E-state index in [-0.39, 0.29) is 0 Å². The van der Waals surface area contributed by atoms with E-state index in [0.29, 0.717) is 18.1 Å². The summed E-state index contributed by atoms with van der Waals surface area (Å²) in [6.07, 6.45) is 10.7. The average molecular weight is 179 g/mol. The van der Waals surface area contributed by atoms with Crippen LogP contribution >= 0.6 is 0 Å². The summed E-state index contributed by atoms with van der Waals surface area (Å²) in [6, 6.07) is 0. The zero-order valence-electron chi connectivity index (χ0n) is 8.01. The van der Waals surface area contributed by atoms with Gasteiger partial charge in [0.15, 0.2) is 0 Å². The molecule has 1 spiro atoms. The van der Waals surface area contributed by atoms with Gasteiger partial charge >= 0.3 is 0 Å². The van der Waals surface area contributed by atoms with Crippen LogP contribution in [0.1, 0.15) is 25.7 Å². The Labute approximate surface area is 80.0 Å². The number of rotatable bonds is 2. The third-order valence-electron chi connectivity index (χ3n) is 3.39. The molecule has 1 heterocycles. The van der Waals surface area contributed by atoms with E-state index in [1.165, 1.54) is 38.8 Å². The minimum atomic E-state index is 0.453. The molecule has 72 valence electrons. The molecule has 0 amide bonds. The summed E-state index contributed by atoms with van der Waals surface area (Å²) in [5.74, 6) is 2.52. The van der Waals surface area contributed by atoms with Crippen molar-refractivity contribution in [1.29, 1.82) is 0 Å². The Kier molecular flexibility index (Phi) is 2.57. The average Bonchev–Trinajstić information content (AvgIpc) is 2.13. The van der Waals surface area contributed by atoms with E-state index < -0.39 is 0 Å². The number of piperidine rings is 1. The first-order valence-corrected chi connectivity index (χ1v) is 5.10. The summed E-state index contributed by atoms with van der Waals surface area (Å²) in [6.45, 7) is 2.85. The van der Waals surface area contributed by atoms with Crippen LogP contribution in [0.2, 0.25) is 0 Å². The molecular weight excluding hydrogens is 162 g/mol. The Morgan fingerprint density at radius 2 is 2.08 bits per heavy atom. The first kappa shape index (κ1) is 9.05. The molecule has 2 heteroatoms. The first-order valence-electron chi connectivity index (χ1n) is 5.10. The molecule has 1 saturated heterocycles. The predicted octanol–water partition coefficient (Wildman–Crippen LogP) is 1.17. The van der Waals surface area contributed by atoms with E-state index in [1.54, 1.807) is 0 Å². The van der Waals surface area contributed by atoms with Crippen molar-refractivity contribution < 1.29 is 4.74 Å². The van der Waals surface area contributed by atoms with Crippen LogP contribution in [-0.2, 0) is 4.74 Å². The maximum Gasteiger partial charge on any atom is 0.107 e. The van der Waals surface area contributed by atoms with E-state index in [2.05, 4.69) is 11.2 Å². The number of hydrogen-bond donors (Lipinski definition) is 1. The molecule has 0 aromatic carbocycles. The van der Waals surface area contributed by atoms with Crippen molar-refractivity contribution in [2.24, 2.45) is 5.41 Å². The Bertz CT molecular complexity index is 205. The van der Waals surface area contributed by atoms with Gasteiger partial charge < -0.3 is 10.1 Å². The third-order valence-corrected chi connectivity index (χ3v) is 3.39. The normalized spacial score (nSPS) is 26.7. The molecule has 2 nitrogen and oxygen atoms in total. The van der Waals surface area contributed by atoms with Gasteiger partial charge in [0.25, 0.3) is 0 Å². The summed E-state index contributed by atoms with van der Waals surface area (Å²) in [5.41, 5.74) is 0.616. The molecule has 2 fully saturated rings. The van der Waals surface area contributed by atoms with Gasteiger partial charge in [0.2, 0.25) is 0 Å². The quantitative estimate of drug-likeness (QED) is 0.642. The monoisotopic (exact) mass is 179 g/mol. The van der Waals surface area contributed by atoms with Crippen LogP contribution in [-0.4, -0.2) is 25.8 Å². The number of hydrogen-bond acceptors (Lipinski definition) is 2.